The molecule has 1 aliphatic heterocycles. The summed E-state index contributed by atoms with van der Waals surface area (Å²) in [7, 11) is 0. The lowest BCUT2D eigenvalue weighted by atomic mass is 10.0. The van der Waals surface area contributed by atoms with Crippen LogP contribution in [0.5, 0.6) is 0 Å². The van der Waals surface area contributed by atoms with Crippen LogP contribution in [-0.4, -0.2) is 42.3 Å². The monoisotopic (exact) mass is 477 g/mol. The predicted molar refractivity (Wildman–Crippen MR) is 116 cm³/mol. The molecule has 0 unspecified atom stereocenters. The second-order valence-electron chi connectivity index (χ2n) is 6.68. The second-order valence-corrected chi connectivity index (χ2v) is 8.93. The summed E-state index contributed by atoms with van der Waals surface area (Å²) >= 11 is 4.13. The van der Waals surface area contributed by atoms with Crippen LogP contribution < -0.4 is 4.90 Å². The number of nitrogens with zero attached hydrogens (tertiary/aromatic N) is 3. The first-order valence-electron chi connectivity index (χ1n) is 8.70. The van der Waals surface area contributed by atoms with Gasteiger partial charge in [0.2, 0.25) is 0 Å². The maximum absolute atomic E-state index is 11.0. The number of carbonyl (C=O) groups excluding carboxylic acids is 1. The zero-order chi connectivity index (χ0) is 18.1. The number of carbonyl (C=O) groups is 1. The minimum Gasteiger partial charge on any atom is -0.345 e. The van der Waals surface area contributed by atoms with Crippen molar-refractivity contribution in [2.45, 2.75) is 13.5 Å². The largest absolute Gasteiger partial charge is 0.345 e. The third-order valence-electron chi connectivity index (χ3n) is 4.89. The van der Waals surface area contributed by atoms with Gasteiger partial charge in [-0.25, -0.2) is 4.98 Å². The zero-order valence-corrected chi connectivity index (χ0v) is 17.6. The van der Waals surface area contributed by atoms with Gasteiger partial charge in [-0.05, 0) is 64.9 Å². The number of piperazine rings is 1. The molecule has 0 radical (unpaired) electrons. The predicted octanol–water partition coefficient (Wildman–Crippen LogP) is 4.34. The van der Waals surface area contributed by atoms with E-state index >= 15 is 0 Å². The lowest BCUT2D eigenvalue weighted by molar-refractivity contribution is 0.112. The summed E-state index contributed by atoms with van der Waals surface area (Å²) in [4.78, 5) is 20.7. The number of aldehydes is 1. The van der Waals surface area contributed by atoms with Crippen LogP contribution in [0, 0.1) is 10.5 Å². The van der Waals surface area contributed by atoms with Crippen LogP contribution in [0.3, 0.4) is 0 Å². The van der Waals surface area contributed by atoms with E-state index in [4.69, 9.17) is 4.98 Å². The van der Waals surface area contributed by atoms with E-state index in [1.165, 1.54) is 19.4 Å². The molecule has 0 bridgehead atoms. The van der Waals surface area contributed by atoms with Gasteiger partial charge in [-0.1, -0.05) is 23.5 Å². The Kier molecular flexibility index (Phi) is 5.24. The fourth-order valence-corrected chi connectivity index (χ4v) is 5.05. The molecule has 134 valence electrons. The van der Waals surface area contributed by atoms with Crippen LogP contribution in [0.2, 0.25) is 0 Å². The highest BCUT2D eigenvalue weighted by molar-refractivity contribution is 14.1. The van der Waals surface area contributed by atoms with Crippen molar-refractivity contribution in [1.29, 1.82) is 0 Å². The number of aryl methyl sites for hydroxylation is 1. The smallest absolute Gasteiger partial charge is 0.186 e. The van der Waals surface area contributed by atoms with Crippen LogP contribution in [-0.2, 0) is 6.54 Å². The highest BCUT2D eigenvalue weighted by Gasteiger charge is 2.20. The molecule has 2 heterocycles. The molecule has 1 aliphatic rings. The number of hydrogen-bond acceptors (Lipinski definition) is 5. The lowest BCUT2D eigenvalue weighted by Gasteiger charge is -2.34. The number of hydrogen-bond donors (Lipinski definition) is 0. The van der Waals surface area contributed by atoms with Crippen molar-refractivity contribution >= 4 is 55.6 Å². The lowest BCUT2D eigenvalue weighted by Crippen LogP contribution is -2.46. The van der Waals surface area contributed by atoms with Gasteiger partial charge in [0.15, 0.2) is 5.13 Å². The number of thiazole rings is 1. The van der Waals surface area contributed by atoms with Gasteiger partial charge < -0.3 is 4.90 Å². The van der Waals surface area contributed by atoms with Gasteiger partial charge in [0.05, 0.1) is 10.2 Å². The van der Waals surface area contributed by atoms with Gasteiger partial charge in [0, 0.05) is 41.9 Å². The van der Waals surface area contributed by atoms with Crippen molar-refractivity contribution < 1.29 is 4.79 Å². The highest BCUT2D eigenvalue weighted by atomic mass is 127. The molecule has 6 heteroatoms. The average Bonchev–Trinajstić information content (AvgIpc) is 3.07. The van der Waals surface area contributed by atoms with Gasteiger partial charge in [-0.15, -0.1) is 0 Å². The molecule has 0 N–H and O–H groups in total. The molecule has 4 rings (SSSR count). The maximum atomic E-state index is 11.0. The van der Waals surface area contributed by atoms with Gasteiger partial charge in [0.1, 0.15) is 6.29 Å². The molecular formula is C20H20IN3OS. The summed E-state index contributed by atoms with van der Waals surface area (Å²) < 4.78 is 2.51. The van der Waals surface area contributed by atoms with Gasteiger partial charge in [-0.3, -0.25) is 9.69 Å². The van der Waals surface area contributed by atoms with Crippen molar-refractivity contribution in [2.24, 2.45) is 0 Å². The fraction of sp³-hybridized carbons (Fsp3) is 0.300. The molecule has 0 atom stereocenters. The van der Waals surface area contributed by atoms with Crippen LogP contribution in [0.4, 0.5) is 5.13 Å². The number of anilines is 1. The summed E-state index contributed by atoms with van der Waals surface area (Å²) in [6.45, 7) is 7.02. The van der Waals surface area contributed by atoms with Gasteiger partial charge >= 0.3 is 0 Å². The number of aromatic nitrogens is 1. The summed E-state index contributed by atoms with van der Waals surface area (Å²) in [5.41, 5.74) is 4.35. The zero-order valence-electron chi connectivity index (χ0n) is 14.6. The summed E-state index contributed by atoms with van der Waals surface area (Å²) in [6, 6.07) is 12.4. The number of rotatable bonds is 4. The van der Waals surface area contributed by atoms with Crippen molar-refractivity contribution in [2.75, 3.05) is 31.1 Å². The standard InChI is InChI=1S/C20H20IN3OS/c1-14-2-3-15(13-25)10-16(14)12-23-6-8-24(9-7-23)20-22-18-5-4-17(21)11-19(18)26-20/h2-5,10-11,13H,6-9,12H2,1H3. The first-order valence-corrected chi connectivity index (χ1v) is 10.6. The third-order valence-corrected chi connectivity index (χ3v) is 6.64. The van der Waals surface area contributed by atoms with Gasteiger partial charge in [-0.2, -0.15) is 0 Å². The molecule has 2 aromatic carbocycles. The van der Waals surface area contributed by atoms with Gasteiger partial charge in [0.25, 0.3) is 0 Å². The average molecular weight is 477 g/mol. The van der Waals surface area contributed by atoms with Crippen molar-refractivity contribution in [1.82, 2.24) is 9.88 Å². The molecule has 1 aromatic heterocycles. The molecule has 3 aromatic rings. The van der Waals surface area contributed by atoms with Crippen LogP contribution >= 0.6 is 33.9 Å². The molecule has 4 nitrogen and oxygen atoms in total. The number of halogens is 1. The van der Waals surface area contributed by atoms with Crippen molar-refractivity contribution in [3.05, 3.63) is 56.7 Å². The molecule has 0 saturated carbocycles. The van der Waals surface area contributed by atoms with Crippen LogP contribution in [0.1, 0.15) is 21.5 Å². The number of fused-ring (bicyclic) bond motifs is 1. The second kappa shape index (κ2) is 7.62. The van der Waals surface area contributed by atoms with E-state index in [0.717, 1.165) is 55.2 Å². The van der Waals surface area contributed by atoms with E-state index in [0.29, 0.717) is 0 Å². The Bertz CT molecular complexity index is 947. The molecular weight excluding hydrogens is 457 g/mol. The molecule has 0 aliphatic carbocycles. The molecule has 0 amide bonds. The van der Waals surface area contributed by atoms with E-state index in [9.17, 15) is 4.79 Å². The topological polar surface area (TPSA) is 36.4 Å². The fourth-order valence-electron chi connectivity index (χ4n) is 3.29. The van der Waals surface area contributed by atoms with Crippen LogP contribution in [0.25, 0.3) is 10.2 Å². The quantitative estimate of drug-likeness (QED) is 0.414. The Balaban J connectivity index is 1.42. The highest BCUT2D eigenvalue weighted by Crippen LogP contribution is 2.30. The molecule has 1 fully saturated rings. The Morgan fingerprint density at radius 1 is 1.15 bits per heavy atom. The third kappa shape index (κ3) is 3.77. The summed E-state index contributed by atoms with van der Waals surface area (Å²) in [5, 5.41) is 1.13. The van der Waals surface area contributed by atoms with E-state index in [1.54, 1.807) is 11.3 Å². The van der Waals surface area contributed by atoms with Crippen molar-refractivity contribution in [3.8, 4) is 0 Å². The summed E-state index contributed by atoms with van der Waals surface area (Å²) in [6.07, 6.45) is 0.926. The minimum absolute atomic E-state index is 0.758. The van der Waals surface area contributed by atoms with Crippen molar-refractivity contribution in [3.63, 3.8) is 0 Å². The Morgan fingerprint density at radius 3 is 2.73 bits per heavy atom. The first-order chi connectivity index (χ1) is 12.6. The minimum atomic E-state index is 0.758. The van der Waals surface area contributed by atoms with E-state index in [1.807, 2.05) is 18.2 Å². The maximum Gasteiger partial charge on any atom is 0.186 e. The molecule has 0 spiro atoms. The van der Waals surface area contributed by atoms with Crippen LogP contribution in [0.15, 0.2) is 36.4 Å². The Labute approximate surface area is 171 Å². The Hall–Kier alpha value is -1.51. The molecule has 26 heavy (non-hydrogen) atoms. The van der Waals surface area contributed by atoms with E-state index < -0.39 is 0 Å². The van der Waals surface area contributed by atoms with E-state index in [2.05, 4.69) is 57.5 Å². The first kappa shape index (κ1) is 17.9. The molecule has 1 saturated heterocycles. The Morgan fingerprint density at radius 2 is 1.96 bits per heavy atom. The van der Waals surface area contributed by atoms with E-state index in [-0.39, 0.29) is 0 Å². The summed E-state index contributed by atoms with van der Waals surface area (Å²) in [5.74, 6) is 0. The SMILES string of the molecule is Cc1ccc(C=O)cc1CN1CCN(c2nc3ccc(I)cc3s2)CC1. The normalized spacial score (nSPS) is 15.5. The number of benzene rings is 2.